The molecule has 1 fully saturated rings. The molecule has 1 aromatic carbocycles. The lowest BCUT2D eigenvalue weighted by Crippen LogP contribution is -2.35. The Morgan fingerprint density at radius 3 is 2.64 bits per heavy atom. The van der Waals surface area contributed by atoms with Crippen molar-refractivity contribution >= 4 is 0 Å². The Morgan fingerprint density at radius 1 is 1.00 bits per heavy atom. The summed E-state index contributed by atoms with van der Waals surface area (Å²) in [6, 6.07) is 6.26. The highest BCUT2D eigenvalue weighted by atomic mass is 19.2. The van der Waals surface area contributed by atoms with E-state index in [1.54, 1.807) is 6.07 Å². The number of rotatable bonds is 4. The lowest BCUT2D eigenvalue weighted by atomic mass is 10.1. The number of benzene rings is 1. The van der Waals surface area contributed by atoms with Crippen LogP contribution in [0.5, 0.6) is 0 Å². The Kier molecular flexibility index (Phi) is 4.81. The highest BCUT2D eigenvalue weighted by Crippen LogP contribution is 2.21. The lowest BCUT2D eigenvalue weighted by molar-refractivity contribution is 0.182. The number of halogens is 2. The number of likely N-dealkylation sites (tertiary alicyclic amines) is 1. The Bertz CT molecular complexity index is 724. The van der Waals surface area contributed by atoms with Gasteiger partial charge in [0.25, 0.3) is 0 Å². The topological polar surface area (TPSA) is 24.3 Å². The number of aromatic nitrogens is 2. The molecule has 25 heavy (non-hydrogen) atoms. The smallest absolute Gasteiger partial charge is 0.159 e. The van der Waals surface area contributed by atoms with Gasteiger partial charge in [-0.25, -0.2) is 8.78 Å². The molecule has 0 spiro atoms. The molecule has 0 N–H and O–H groups in total. The first-order chi connectivity index (χ1) is 12.2. The van der Waals surface area contributed by atoms with Gasteiger partial charge in [0.05, 0.1) is 5.69 Å². The molecule has 2 aromatic rings. The minimum Gasteiger partial charge on any atom is -0.303 e. The monoisotopic (exact) mass is 346 g/mol. The molecule has 0 bridgehead atoms. The van der Waals surface area contributed by atoms with E-state index in [1.807, 2.05) is 6.20 Å². The Balaban J connectivity index is 1.50. The van der Waals surface area contributed by atoms with Crippen molar-refractivity contribution in [3.63, 3.8) is 0 Å². The van der Waals surface area contributed by atoms with Crippen molar-refractivity contribution in [3.05, 3.63) is 53.4 Å². The van der Waals surface area contributed by atoms with Crippen LogP contribution in [-0.2, 0) is 19.6 Å². The quantitative estimate of drug-likeness (QED) is 0.851. The predicted molar refractivity (Wildman–Crippen MR) is 91.9 cm³/mol. The summed E-state index contributed by atoms with van der Waals surface area (Å²) in [6.07, 6.45) is 4.43. The zero-order chi connectivity index (χ0) is 17.2. The second-order valence-electron chi connectivity index (χ2n) is 7.30. The van der Waals surface area contributed by atoms with Crippen LogP contribution in [0.2, 0.25) is 0 Å². The maximum absolute atomic E-state index is 13.5. The minimum absolute atomic E-state index is 0.490. The molecule has 0 aliphatic carbocycles. The summed E-state index contributed by atoms with van der Waals surface area (Å²) >= 11 is 0. The van der Waals surface area contributed by atoms with Crippen LogP contribution in [0.15, 0.2) is 30.5 Å². The first-order valence-electron chi connectivity index (χ1n) is 9.07. The van der Waals surface area contributed by atoms with Crippen molar-refractivity contribution in [3.8, 4) is 0 Å². The van der Waals surface area contributed by atoms with Gasteiger partial charge >= 0.3 is 0 Å². The van der Waals surface area contributed by atoms with E-state index in [4.69, 9.17) is 0 Å². The summed E-state index contributed by atoms with van der Waals surface area (Å²) in [7, 11) is 0. The van der Waals surface area contributed by atoms with Crippen LogP contribution in [0.3, 0.4) is 0 Å². The molecular formula is C19H24F2N4. The van der Waals surface area contributed by atoms with Crippen molar-refractivity contribution in [2.75, 3.05) is 26.2 Å². The van der Waals surface area contributed by atoms with Crippen LogP contribution in [0.25, 0.3) is 0 Å². The first-order valence-corrected chi connectivity index (χ1v) is 9.07. The van der Waals surface area contributed by atoms with Crippen LogP contribution < -0.4 is 0 Å². The molecule has 1 saturated heterocycles. The zero-order valence-corrected chi connectivity index (χ0v) is 14.4. The number of hydrogen-bond acceptors (Lipinski definition) is 3. The van der Waals surface area contributed by atoms with E-state index in [0.717, 1.165) is 31.7 Å². The first kappa shape index (κ1) is 16.7. The molecule has 6 heteroatoms. The fraction of sp³-hybridized carbons (Fsp3) is 0.526. The maximum atomic E-state index is 13.5. The van der Waals surface area contributed by atoms with E-state index in [-0.39, 0.29) is 0 Å². The Labute approximate surface area is 147 Å². The summed E-state index contributed by atoms with van der Waals surface area (Å²) in [4.78, 5) is 4.86. The molecule has 134 valence electrons. The molecule has 2 aliphatic rings. The zero-order valence-electron chi connectivity index (χ0n) is 14.4. The number of hydrogen-bond donors (Lipinski definition) is 0. The van der Waals surface area contributed by atoms with Crippen molar-refractivity contribution in [2.24, 2.45) is 5.92 Å². The molecular weight excluding hydrogens is 322 g/mol. The van der Waals surface area contributed by atoms with E-state index in [2.05, 4.69) is 25.6 Å². The van der Waals surface area contributed by atoms with Gasteiger partial charge in [-0.3, -0.25) is 9.58 Å². The molecule has 0 radical (unpaired) electrons. The van der Waals surface area contributed by atoms with Gasteiger partial charge in [-0.1, -0.05) is 6.07 Å². The third-order valence-electron chi connectivity index (χ3n) is 5.24. The molecule has 3 heterocycles. The number of nitrogens with zero attached hydrogens (tertiary/aromatic N) is 4. The highest BCUT2D eigenvalue weighted by molar-refractivity contribution is 5.18. The lowest BCUT2D eigenvalue weighted by Gasteiger charge is -2.27. The van der Waals surface area contributed by atoms with Gasteiger partial charge in [0, 0.05) is 44.8 Å². The SMILES string of the molecule is Fc1ccc(CN2Cc3ccnn3CC(CN3CCCC3)C2)cc1F. The van der Waals surface area contributed by atoms with E-state index in [1.165, 1.54) is 43.8 Å². The van der Waals surface area contributed by atoms with Crippen molar-refractivity contribution in [1.82, 2.24) is 19.6 Å². The Morgan fingerprint density at radius 2 is 1.84 bits per heavy atom. The van der Waals surface area contributed by atoms with Crippen molar-refractivity contribution < 1.29 is 8.78 Å². The van der Waals surface area contributed by atoms with Crippen molar-refractivity contribution in [1.29, 1.82) is 0 Å². The highest BCUT2D eigenvalue weighted by Gasteiger charge is 2.25. The third-order valence-corrected chi connectivity index (χ3v) is 5.24. The molecule has 4 rings (SSSR count). The molecule has 1 atom stereocenters. The fourth-order valence-electron chi connectivity index (χ4n) is 4.08. The average Bonchev–Trinajstić information content (AvgIpc) is 3.21. The molecule has 0 saturated carbocycles. The van der Waals surface area contributed by atoms with Gasteiger partial charge in [-0.05, 0) is 49.7 Å². The van der Waals surface area contributed by atoms with Crippen LogP contribution in [-0.4, -0.2) is 45.8 Å². The van der Waals surface area contributed by atoms with E-state index in [9.17, 15) is 8.78 Å². The summed E-state index contributed by atoms with van der Waals surface area (Å²) in [5.74, 6) is -1.07. The van der Waals surface area contributed by atoms with Crippen LogP contribution in [0, 0.1) is 17.6 Å². The van der Waals surface area contributed by atoms with Gasteiger partial charge in [0.15, 0.2) is 11.6 Å². The van der Waals surface area contributed by atoms with Gasteiger partial charge < -0.3 is 4.90 Å². The standard InChI is InChI=1S/C19H24F2N4/c20-18-4-3-15(9-19(18)21)10-24-12-16(11-23-7-1-2-8-23)13-25-17(14-24)5-6-22-25/h3-6,9,16H,1-2,7-8,10-14H2. The minimum atomic E-state index is -0.787. The van der Waals surface area contributed by atoms with Gasteiger partial charge in [-0.2, -0.15) is 5.10 Å². The molecule has 2 aliphatic heterocycles. The Hall–Kier alpha value is -1.79. The average molecular weight is 346 g/mol. The van der Waals surface area contributed by atoms with Gasteiger partial charge in [-0.15, -0.1) is 0 Å². The second-order valence-corrected chi connectivity index (χ2v) is 7.30. The molecule has 0 amide bonds. The number of fused-ring (bicyclic) bond motifs is 1. The largest absolute Gasteiger partial charge is 0.303 e. The van der Waals surface area contributed by atoms with Gasteiger partial charge in [0.2, 0.25) is 0 Å². The normalized spacial score (nSPS) is 22.1. The molecule has 1 aromatic heterocycles. The van der Waals surface area contributed by atoms with Gasteiger partial charge in [0.1, 0.15) is 0 Å². The summed E-state index contributed by atoms with van der Waals surface area (Å²) < 4.78 is 28.8. The summed E-state index contributed by atoms with van der Waals surface area (Å²) in [5.41, 5.74) is 2.00. The molecule has 1 unspecified atom stereocenters. The van der Waals surface area contributed by atoms with Crippen LogP contribution >= 0.6 is 0 Å². The van der Waals surface area contributed by atoms with E-state index >= 15 is 0 Å². The third kappa shape index (κ3) is 3.90. The summed E-state index contributed by atoms with van der Waals surface area (Å²) in [5, 5.41) is 4.47. The fourth-order valence-corrected chi connectivity index (χ4v) is 4.08. The van der Waals surface area contributed by atoms with Crippen LogP contribution in [0.1, 0.15) is 24.1 Å². The summed E-state index contributed by atoms with van der Waals surface area (Å²) in [6.45, 7) is 6.73. The predicted octanol–water partition coefficient (Wildman–Crippen LogP) is 2.89. The maximum Gasteiger partial charge on any atom is 0.159 e. The van der Waals surface area contributed by atoms with E-state index in [0.29, 0.717) is 12.5 Å². The van der Waals surface area contributed by atoms with Crippen molar-refractivity contribution in [2.45, 2.75) is 32.5 Å². The van der Waals surface area contributed by atoms with E-state index < -0.39 is 11.6 Å². The second kappa shape index (κ2) is 7.22. The van der Waals surface area contributed by atoms with Crippen LogP contribution in [0.4, 0.5) is 8.78 Å². The molecule has 4 nitrogen and oxygen atoms in total.